The zero-order chi connectivity index (χ0) is 23.3. The molecule has 1 aromatic heterocycles. The van der Waals surface area contributed by atoms with E-state index in [1.54, 1.807) is 18.7 Å². The average molecular weight is 443 g/mol. The van der Waals surface area contributed by atoms with Gasteiger partial charge in [-0.25, -0.2) is 9.48 Å². The van der Waals surface area contributed by atoms with Gasteiger partial charge in [0.25, 0.3) is 0 Å². The molecule has 0 saturated heterocycles. The standard InChI is InChI=1S/C24H34N4O4/c1-7-9-18-21(23(29)31-8-2)22(28-24(26-18)25-16(5)27-28)17-10-11-19(20(14-17)30-6)32-13-12-15(3)4/h10-11,14-15,22H,7-9,12-13H2,1-6H3,(H,25,26,27)/t22-/m0/s1. The third-order valence-electron chi connectivity index (χ3n) is 5.29. The molecule has 0 aliphatic carbocycles. The van der Waals surface area contributed by atoms with Crippen molar-refractivity contribution in [3.05, 3.63) is 40.9 Å². The molecule has 0 spiro atoms. The minimum atomic E-state index is -0.480. The van der Waals surface area contributed by atoms with Crippen LogP contribution in [0, 0.1) is 12.8 Å². The Morgan fingerprint density at radius 1 is 1.25 bits per heavy atom. The maximum atomic E-state index is 13.1. The molecule has 1 aliphatic rings. The van der Waals surface area contributed by atoms with Gasteiger partial charge in [-0.05, 0) is 50.3 Å². The molecule has 0 amide bonds. The number of aromatic nitrogens is 3. The van der Waals surface area contributed by atoms with Gasteiger partial charge in [-0.3, -0.25) is 0 Å². The van der Waals surface area contributed by atoms with E-state index in [-0.39, 0.29) is 5.97 Å². The second-order valence-corrected chi connectivity index (χ2v) is 8.26. The molecule has 32 heavy (non-hydrogen) atoms. The fourth-order valence-corrected chi connectivity index (χ4v) is 3.76. The molecular formula is C24H34N4O4. The Balaban J connectivity index is 2.07. The van der Waals surface area contributed by atoms with E-state index in [9.17, 15) is 4.79 Å². The van der Waals surface area contributed by atoms with E-state index >= 15 is 0 Å². The summed E-state index contributed by atoms with van der Waals surface area (Å²) in [5.41, 5.74) is 2.20. The highest BCUT2D eigenvalue weighted by molar-refractivity contribution is 5.92. The van der Waals surface area contributed by atoms with Gasteiger partial charge in [0.05, 0.1) is 25.9 Å². The Labute approximate surface area is 190 Å². The van der Waals surface area contributed by atoms with Crippen molar-refractivity contribution < 1.29 is 19.0 Å². The van der Waals surface area contributed by atoms with E-state index in [2.05, 4.69) is 36.2 Å². The van der Waals surface area contributed by atoms with Crippen molar-refractivity contribution >= 4 is 11.9 Å². The monoisotopic (exact) mass is 442 g/mol. The Bertz CT molecular complexity index is 980. The topological polar surface area (TPSA) is 87.5 Å². The third-order valence-corrected chi connectivity index (χ3v) is 5.29. The van der Waals surface area contributed by atoms with Crippen LogP contribution in [0.5, 0.6) is 11.5 Å². The Morgan fingerprint density at radius 2 is 2.03 bits per heavy atom. The van der Waals surface area contributed by atoms with Gasteiger partial charge in [0.2, 0.25) is 5.95 Å². The molecular weight excluding hydrogens is 408 g/mol. The van der Waals surface area contributed by atoms with Crippen LogP contribution in [-0.2, 0) is 9.53 Å². The molecule has 1 aliphatic heterocycles. The van der Waals surface area contributed by atoms with Crippen molar-refractivity contribution in [3.8, 4) is 11.5 Å². The number of nitrogens with one attached hydrogen (secondary N) is 1. The number of hydrogen-bond acceptors (Lipinski definition) is 7. The predicted molar refractivity (Wildman–Crippen MR) is 123 cm³/mol. The average Bonchev–Trinajstić information content (AvgIpc) is 3.12. The van der Waals surface area contributed by atoms with E-state index in [4.69, 9.17) is 14.2 Å². The van der Waals surface area contributed by atoms with Crippen molar-refractivity contribution in [2.75, 3.05) is 25.6 Å². The summed E-state index contributed by atoms with van der Waals surface area (Å²) in [6.45, 7) is 10.9. The van der Waals surface area contributed by atoms with Crippen LogP contribution in [0.25, 0.3) is 0 Å². The second kappa shape index (κ2) is 10.5. The van der Waals surface area contributed by atoms with Gasteiger partial charge in [-0.2, -0.15) is 10.1 Å². The largest absolute Gasteiger partial charge is 0.493 e. The van der Waals surface area contributed by atoms with Gasteiger partial charge < -0.3 is 19.5 Å². The molecule has 8 heteroatoms. The summed E-state index contributed by atoms with van der Waals surface area (Å²) in [5.74, 6) is 2.72. The quantitative estimate of drug-likeness (QED) is 0.536. The van der Waals surface area contributed by atoms with Gasteiger partial charge in [0, 0.05) is 5.70 Å². The first-order chi connectivity index (χ1) is 15.4. The van der Waals surface area contributed by atoms with Crippen LogP contribution in [0.15, 0.2) is 29.5 Å². The summed E-state index contributed by atoms with van der Waals surface area (Å²) in [6.07, 6.45) is 2.53. The first-order valence-corrected chi connectivity index (χ1v) is 11.3. The van der Waals surface area contributed by atoms with Crippen LogP contribution in [-0.4, -0.2) is 41.1 Å². The SMILES string of the molecule is CCCC1=C(C(=O)OCC)[C@H](c2ccc(OCCC(C)C)c(OC)c2)n2nc(C)nc2N1. The van der Waals surface area contributed by atoms with Gasteiger partial charge in [0.15, 0.2) is 11.5 Å². The number of allylic oxidation sites excluding steroid dienone is 1. The molecule has 0 bridgehead atoms. The number of hydrogen-bond donors (Lipinski definition) is 1. The maximum absolute atomic E-state index is 13.1. The zero-order valence-corrected chi connectivity index (χ0v) is 19.9. The number of fused-ring (bicyclic) bond motifs is 1. The number of aryl methyl sites for hydroxylation is 1. The summed E-state index contributed by atoms with van der Waals surface area (Å²) < 4.78 is 18.8. The van der Waals surface area contributed by atoms with E-state index < -0.39 is 6.04 Å². The molecule has 1 atom stereocenters. The number of esters is 1. The molecule has 2 aromatic rings. The highest BCUT2D eigenvalue weighted by Gasteiger charge is 2.36. The van der Waals surface area contributed by atoms with Crippen LogP contribution in [0.3, 0.4) is 0 Å². The van der Waals surface area contributed by atoms with E-state index in [0.717, 1.165) is 24.1 Å². The van der Waals surface area contributed by atoms with Crippen molar-refractivity contribution in [3.63, 3.8) is 0 Å². The Kier molecular flexibility index (Phi) is 7.77. The molecule has 0 fully saturated rings. The van der Waals surface area contributed by atoms with Gasteiger partial charge in [-0.15, -0.1) is 0 Å². The number of anilines is 1. The summed E-state index contributed by atoms with van der Waals surface area (Å²) in [7, 11) is 1.62. The third kappa shape index (κ3) is 5.06. The summed E-state index contributed by atoms with van der Waals surface area (Å²) in [5, 5.41) is 7.87. The highest BCUT2D eigenvalue weighted by Crippen LogP contribution is 2.40. The molecule has 1 N–H and O–H groups in total. The lowest BCUT2D eigenvalue weighted by Crippen LogP contribution is -2.30. The lowest BCUT2D eigenvalue weighted by molar-refractivity contribution is -0.139. The fraction of sp³-hybridized carbons (Fsp3) is 0.542. The molecule has 0 radical (unpaired) electrons. The maximum Gasteiger partial charge on any atom is 0.338 e. The van der Waals surface area contributed by atoms with Gasteiger partial charge in [-0.1, -0.05) is 33.3 Å². The number of ether oxygens (including phenoxy) is 3. The van der Waals surface area contributed by atoms with Crippen molar-refractivity contribution in [1.82, 2.24) is 14.8 Å². The molecule has 0 unspecified atom stereocenters. The van der Waals surface area contributed by atoms with Crippen LogP contribution < -0.4 is 14.8 Å². The predicted octanol–water partition coefficient (Wildman–Crippen LogP) is 4.65. The smallest absolute Gasteiger partial charge is 0.338 e. The lowest BCUT2D eigenvalue weighted by atomic mass is 9.93. The number of benzene rings is 1. The fourth-order valence-electron chi connectivity index (χ4n) is 3.76. The lowest BCUT2D eigenvalue weighted by Gasteiger charge is -2.29. The van der Waals surface area contributed by atoms with E-state index in [1.165, 1.54) is 0 Å². The highest BCUT2D eigenvalue weighted by atomic mass is 16.5. The van der Waals surface area contributed by atoms with Crippen LogP contribution >= 0.6 is 0 Å². The van der Waals surface area contributed by atoms with E-state index in [0.29, 0.717) is 54.4 Å². The molecule has 2 heterocycles. The van der Waals surface area contributed by atoms with Crippen LogP contribution in [0.2, 0.25) is 0 Å². The van der Waals surface area contributed by atoms with Gasteiger partial charge in [0.1, 0.15) is 11.9 Å². The van der Waals surface area contributed by atoms with Crippen molar-refractivity contribution in [2.45, 2.75) is 59.9 Å². The van der Waals surface area contributed by atoms with Gasteiger partial charge >= 0.3 is 5.97 Å². The minimum Gasteiger partial charge on any atom is -0.493 e. The number of methoxy groups -OCH3 is 1. The normalized spacial score (nSPS) is 15.4. The number of carbonyl (C=O) groups is 1. The Morgan fingerprint density at radius 3 is 2.69 bits per heavy atom. The van der Waals surface area contributed by atoms with Crippen LogP contribution in [0.1, 0.15) is 64.4 Å². The number of nitrogens with zero attached hydrogens (tertiary/aromatic N) is 3. The molecule has 0 saturated carbocycles. The molecule has 1 aromatic carbocycles. The molecule has 174 valence electrons. The number of rotatable bonds is 10. The summed E-state index contributed by atoms with van der Waals surface area (Å²) in [6, 6.07) is 5.27. The van der Waals surface area contributed by atoms with Crippen LogP contribution in [0.4, 0.5) is 5.95 Å². The molecule has 3 rings (SSSR count). The first kappa shape index (κ1) is 23.6. The molecule has 8 nitrogen and oxygen atoms in total. The zero-order valence-electron chi connectivity index (χ0n) is 19.9. The minimum absolute atomic E-state index is 0.295. The number of carbonyl (C=O) groups excluding carboxylic acids is 1. The first-order valence-electron chi connectivity index (χ1n) is 11.3. The summed E-state index contributed by atoms with van der Waals surface area (Å²) >= 11 is 0. The summed E-state index contributed by atoms with van der Waals surface area (Å²) in [4.78, 5) is 17.6. The van der Waals surface area contributed by atoms with E-state index in [1.807, 2.05) is 25.1 Å². The Hall–Kier alpha value is -3.03. The van der Waals surface area contributed by atoms with Crippen molar-refractivity contribution in [2.24, 2.45) is 5.92 Å². The second-order valence-electron chi connectivity index (χ2n) is 8.26. The van der Waals surface area contributed by atoms with Crippen molar-refractivity contribution in [1.29, 1.82) is 0 Å².